The molecule has 18 heavy (non-hydrogen) atoms. The van der Waals surface area contributed by atoms with Gasteiger partial charge >= 0.3 is 5.97 Å². The van der Waals surface area contributed by atoms with Crippen LogP contribution in [0.3, 0.4) is 0 Å². The first-order valence-corrected chi connectivity index (χ1v) is 14.0. The van der Waals surface area contributed by atoms with Crippen LogP contribution in [-0.4, -0.2) is 39.3 Å². The lowest BCUT2D eigenvalue weighted by Gasteiger charge is -2.47. The molecule has 0 bridgehead atoms. The van der Waals surface area contributed by atoms with E-state index in [1.165, 1.54) is 6.42 Å². The van der Waals surface area contributed by atoms with Crippen LogP contribution in [0.1, 0.15) is 25.7 Å². The monoisotopic (exact) mass is 287 g/mol. The highest BCUT2D eigenvalue weighted by atomic mass is 28.4. The normalized spacial score (nSPS) is 23.5. The number of hydrogen-bond acceptors (Lipinski definition) is 3. The van der Waals surface area contributed by atoms with Gasteiger partial charge in [0.15, 0.2) is 0 Å². The molecule has 0 aromatic carbocycles. The van der Waals surface area contributed by atoms with Crippen LogP contribution < -0.4 is 0 Å². The highest BCUT2D eigenvalue weighted by Crippen LogP contribution is 2.27. The summed E-state index contributed by atoms with van der Waals surface area (Å²) in [5, 5.41) is 0. The fraction of sp³-hybridized carbons (Fsp3) is 0.923. The van der Waals surface area contributed by atoms with Crippen molar-refractivity contribution < 1.29 is 9.53 Å². The number of nitrogens with zero attached hydrogens (tertiary/aromatic N) is 1. The van der Waals surface area contributed by atoms with Crippen molar-refractivity contribution in [3.8, 4) is 0 Å². The van der Waals surface area contributed by atoms with E-state index < -0.39 is 16.5 Å². The van der Waals surface area contributed by atoms with Gasteiger partial charge in [0.1, 0.15) is 16.5 Å². The Balaban J connectivity index is 2.98. The van der Waals surface area contributed by atoms with Crippen LogP contribution in [-0.2, 0) is 9.53 Å². The van der Waals surface area contributed by atoms with Crippen LogP contribution in [0, 0.1) is 0 Å². The number of esters is 1. The van der Waals surface area contributed by atoms with Gasteiger partial charge in [0, 0.05) is 0 Å². The van der Waals surface area contributed by atoms with Crippen LogP contribution >= 0.6 is 0 Å². The lowest BCUT2D eigenvalue weighted by Crippen LogP contribution is -2.65. The molecule has 0 radical (unpaired) electrons. The van der Waals surface area contributed by atoms with Gasteiger partial charge in [0.05, 0.1) is 12.6 Å². The van der Waals surface area contributed by atoms with Gasteiger partial charge in [-0.2, -0.15) is 0 Å². The maximum absolute atomic E-state index is 12.3. The SMILES string of the molecule is C[Si](C)(C)N(C1CCCCCOC1=O)[Si](C)(C)C. The van der Waals surface area contributed by atoms with Crippen LogP contribution in [0.5, 0.6) is 0 Å². The summed E-state index contributed by atoms with van der Waals surface area (Å²) in [5.74, 6) is 0.0274. The molecule has 1 heterocycles. The molecular weight excluding hydrogens is 258 g/mol. The molecule has 1 unspecified atom stereocenters. The highest BCUT2D eigenvalue weighted by Gasteiger charge is 2.42. The molecule has 0 aliphatic carbocycles. The molecule has 0 amide bonds. The average molecular weight is 288 g/mol. The van der Waals surface area contributed by atoms with E-state index in [4.69, 9.17) is 4.74 Å². The zero-order valence-electron chi connectivity index (χ0n) is 12.9. The van der Waals surface area contributed by atoms with Gasteiger partial charge in [-0.15, -0.1) is 0 Å². The molecule has 0 aromatic heterocycles. The van der Waals surface area contributed by atoms with Crippen molar-refractivity contribution in [3.63, 3.8) is 0 Å². The largest absolute Gasteiger partial charge is 0.465 e. The quantitative estimate of drug-likeness (QED) is 0.588. The highest BCUT2D eigenvalue weighted by molar-refractivity contribution is 6.89. The molecule has 0 aromatic rings. The molecule has 106 valence electrons. The number of hydrogen-bond donors (Lipinski definition) is 0. The molecule has 1 aliphatic rings. The van der Waals surface area contributed by atoms with E-state index in [2.05, 4.69) is 43.5 Å². The minimum absolute atomic E-state index is 0.0173. The minimum atomic E-state index is -1.50. The smallest absolute Gasteiger partial charge is 0.322 e. The van der Waals surface area contributed by atoms with E-state index in [9.17, 15) is 4.79 Å². The van der Waals surface area contributed by atoms with Gasteiger partial charge in [-0.25, -0.2) is 0 Å². The molecular formula is C13H29NO2Si2. The van der Waals surface area contributed by atoms with Gasteiger partial charge < -0.3 is 8.97 Å². The van der Waals surface area contributed by atoms with Crippen molar-refractivity contribution in [1.29, 1.82) is 0 Å². The molecule has 1 fully saturated rings. The first-order chi connectivity index (χ1) is 8.14. The molecule has 0 spiro atoms. The van der Waals surface area contributed by atoms with Crippen molar-refractivity contribution >= 4 is 22.4 Å². The Morgan fingerprint density at radius 1 is 1.00 bits per heavy atom. The second-order valence-corrected chi connectivity index (χ2v) is 17.3. The maximum atomic E-state index is 12.3. The van der Waals surface area contributed by atoms with Gasteiger partial charge in [-0.1, -0.05) is 45.7 Å². The molecule has 0 saturated carbocycles. The first-order valence-electron chi connectivity index (χ1n) is 7.10. The summed E-state index contributed by atoms with van der Waals surface area (Å²) in [6.45, 7) is 14.7. The maximum Gasteiger partial charge on any atom is 0.322 e. The third-order valence-corrected chi connectivity index (χ3v) is 10.9. The average Bonchev–Trinajstić information content (AvgIpc) is 2.13. The number of rotatable bonds is 3. The van der Waals surface area contributed by atoms with E-state index >= 15 is 0 Å². The second-order valence-electron chi connectivity index (χ2n) is 7.24. The van der Waals surface area contributed by atoms with Crippen LogP contribution in [0.25, 0.3) is 0 Å². The molecule has 3 nitrogen and oxygen atoms in total. The van der Waals surface area contributed by atoms with E-state index in [-0.39, 0.29) is 12.0 Å². The van der Waals surface area contributed by atoms with E-state index in [0.717, 1.165) is 19.3 Å². The Morgan fingerprint density at radius 3 is 2.06 bits per heavy atom. The van der Waals surface area contributed by atoms with E-state index in [1.807, 2.05) is 0 Å². The summed E-state index contributed by atoms with van der Waals surface area (Å²) >= 11 is 0. The summed E-state index contributed by atoms with van der Waals surface area (Å²) in [7, 11) is -2.99. The van der Waals surface area contributed by atoms with Crippen LogP contribution in [0.2, 0.25) is 39.3 Å². The van der Waals surface area contributed by atoms with Gasteiger partial charge in [-0.3, -0.25) is 4.79 Å². The summed E-state index contributed by atoms with van der Waals surface area (Å²) in [4.78, 5) is 12.3. The van der Waals surface area contributed by atoms with Gasteiger partial charge in [-0.05, 0) is 19.3 Å². The molecule has 1 rings (SSSR count). The summed E-state index contributed by atoms with van der Waals surface area (Å²) in [5.41, 5.74) is 0. The molecule has 1 atom stereocenters. The number of carbonyl (C=O) groups excluding carboxylic acids is 1. The first kappa shape index (κ1) is 15.9. The third kappa shape index (κ3) is 4.21. The summed E-state index contributed by atoms with van der Waals surface area (Å²) < 4.78 is 8.02. The van der Waals surface area contributed by atoms with Crippen molar-refractivity contribution in [1.82, 2.24) is 4.23 Å². The fourth-order valence-electron chi connectivity index (χ4n) is 3.18. The predicted molar refractivity (Wildman–Crippen MR) is 81.7 cm³/mol. The second kappa shape index (κ2) is 5.88. The van der Waals surface area contributed by atoms with Crippen molar-refractivity contribution in [3.05, 3.63) is 0 Å². The lowest BCUT2D eigenvalue weighted by atomic mass is 10.1. The van der Waals surface area contributed by atoms with Gasteiger partial charge in [0.2, 0.25) is 0 Å². The summed E-state index contributed by atoms with van der Waals surface area (Å²) in [6, 6.07) is 0.0173. The molecule has 5 heteroatoms. The third-order valence-electron chi connectivity index (χ3n) is 3.40. The van der Waals surface area contributed by atoms with Crippen molar-refractivity contribution in [2.45, 2.75) is 71.0 Å². The Morgan fingerprint density at radius 2 is 1.56 bits per heavy atom. The van der Waals surface area contributed by atoms with Crippen LogP contribution in [0.4, 0.5) is 0 Å². The standard InChI is InChI=1S/C13H29NO2Si2/c1-17(2,3)14(18(4,5)6)12-10-8-7-9-11-16-13(12)15/h12H,7-11H2,1-6H3. The zero-order valence-corrected chi connectivity index (χ0v) is 14.9. The Kier molecular flexibility index (Phi) is 5.20. The van der Waals surface area contributed by atoms with Crippen molar-refractivity contribution in [2.75, 3.05) is 6.61 Å². The van der Waals surface area contributed by atoms with Crippen molar-refractivity contribution in [2.24, 2.45) is 0 Å². The zero-order chi connectivity index (χ0) is 14.0. The summed E-state index contributed by atoms with van der Waals surface area (Å²) in [6.07, 6.45) is 4.35. The fourth-order valence-corrected chi connectivity index (χ4v) is 13.6. The minimum Gasteiger partial charge on any atom is -0.465 e. The molecule has 1 aliphatic heterocycles. The topological polar surface area (TPSA) is 29.5 Å². The predicted octanol–water partition coefficient (Wildman–Crippen LogP) is 3.44. The Hall–Kier alpha value is -0.136. The Bertz CT molecular complexity index is 280. The number of ether oxygens (including phenoxy) is 1. The molecule has 0 N–H and O–H groups in total. The molecule has 1 saturated heterocycles. The number of cyclic esters (lactones) is 1. The van der Waals surface area contributed by atoms with E-state index in [0.29, 0.717) is 6.61 Å². The van der Waals surface area contributed by atoms with E-state index in [1.54, 1.807) is 0 Å². The number of carbonyl (C=O) groups is 1. The Labute approximate surface area is 114 Å². The van der Waals surface area contributed by atoms with Crippen LogP contribution in [0.15, 0.2) is 0 Å². The lowest BCUT2D eigenvalue weighted by molar-refractivity contribution is -0.148. The van der Waals surface area contributed by atoms with Gasteiger partial charge in [0.25, 0.3) is 0 Å².